The lowest BCUT2D eigenvalue weighted by Gasteiger charge is -2.15. The van der Waals surface area contributed by atoms with Crippen molar-refractivity contribution in [2.24, 2.45) is 0 Å². The lowest BCUT2D eigenvalue weighted by Crippen LogP contribution is -2.53. The molecule has 1 aromatic heterocycles. The van der Waals surface area contributed by atoms with Gasteiger partial charge in [0.2, 0.25) is 0 Å². The van der Waals surface area contributed by atoms with Crippen LogP contribution in [-0.4, -0.2) is 13.7 Å². The second kappa shape index (κ2) is 8.35. The Bertz CT molecular complexity index is 1590. The van der Waals surface area contributed by atoms with Gasteiger partial charge in [-0.2, -0.15) is 15.8 Å². The number of para-hydroxylation sites is 1. The van der Waals surface area contributed by atoms with Crippen LogP contribution in [0, 0.1) is 34.0 Å². The molecule has 0 aliphatic carbocycles. The summed E-state index contributed by atoms with van der Waals surface area (Å²) in [5.41, 5.74) is -1.89. The molecule has 0 bridgehead atoms. The zero-order valence-corrected chi connectivity index (χ0v) is 16.8. The molecule has 1 heterocycles. The predicted octanol–water partition coefficient (Wildman–Crippen LogP) is 1.75. The maximum atomic E-state index is 13.4. The van der Waals surface area contributed by atoms with E-state index in [1.54, 1.807) is 12.1 Å². The maximum Gasteiger partial charge on any atom is 0.345 e. The van der Waals surface area contributed by atoms with Crippen LogP contribution in [-0.2, 0) is 0 Å². The van der Waals surface area contributed by atoms with Crippen molar-refractivity contribution in [3.05, 3.63) is 121 Å². The van der Waals surface area contributed by atoms with Crippen molar-refractivity contribution in [2.45, 2.75) is 0 Å². The molecule has 0 unspecified atom stereocenters. The molecule has 0 atom stereocenters. The molecule has 0 aliphatic heterocycles. The molecule has 0 amide bonds. The van der Waals surface area contributed by atoms with Crippen LogP contribution in [0.15, 0.2) is 87.2 Å². The summed E-state index contributed by atoms with van der Waals surface area (Å²) >= 11 is 0. The SMILES string of the molecule is N#Cc1ccc(-n2c(=O)n(-c3ccc(C#N)cc3)c(=O)n(-c3ccccc3C#N)c2=O)cc1. The molecule has 4 aromatic rings. The van der Waals surface area contributed by atoms with Crippen molar-refractivity contribution in [3.63, 3.8) is 0 Å². The third kappa shape index (κ3) is 3.50. The average molecular weight is 432 g/mol. The monoisotopic (exact) mass is 432 g/mol. The van der Waals surface area contributed by atoms with Gasteiger partial charge in [-0.1, -0.05) is 12.1 Å². The van der Waals surface area contributed by atoms with Gasteiger partial charge in [0.1, 0.15) is 6.07 Å². The van der Waals surface area contributed by atoms with Gasteiger partial charge in [0.25, 0.3) is 0 Å². The van der Waals surface area contributed by atoms with Crippen molar-refractivity contribution in [1.82, 2.24) is 13.7 Å². The van der Waals surface area contributed by atoms with E-state index in [9.17, 15) is 19.6 Å². The highest BCUT2D eigenvalue weighted by Crippen LogP contribution is 2.12. The number of hydrogen-bond donors (Lipinski definition) is 0. The summed E-state index contributed by atoms with van der Waals surface area (Å²) in [6.07, 6.45) is 0. The average Bonchev–Trinajstić information content (AvgIpc) is 2.85. The van der Waals surface area contributed by atoms with Crippen LogP contribution >= 0.6 is 0 Å². The summed E-state index contributed by atoms with van der Waals surface area (Å²) in [7, 11) is 0. The van der Waals surface area contributed by atoms with Gasteiger partial charge < -0.3 is 0 Å². The Hall–Kier alpha value is -5.46. The molecule has 4 rings (SSSR count). The third-order valence-electron chi connectivity index (χ3n) is 4.92. The Labute approximate surface area is 186 Å². The molecule has 0 aliphatic rings. The standard InChI is InChI=1S/C24H12N6O3/c25-13-16-5-9-19(10-6-16)28-22(31)29(20-11-7-17(14-26)8-12-20)24(33)30(23(28)32)21-4-2-1-3-18(21)15-27/h1-12H. The quantitative estimate of drug-likeness (QED) is 0.484. The molecule has 9 nitrogen and oxygen atoms in total. The fourth-order valence-electron chi connectivity index (χ4n) is 3.33. The van der Waals surface area contributed by atoms with Crippen molar-refractivity contribution in [3.8, 4) is 35.3 Å². The van der Waals surface area contributed by atoms with E-state index in [1.807, 2.05) is 18.2 Å². The second-order valence-corrected chi connectivity index (χ2v) is 6.80. The van der Waals surface area contributed by atoms with E-state index in [1.165, 1.54) is 60.7 Å². The highest BCUT2D eigenvalue weighted by molar-refractivity contribution is 5.49. The van der Waals surface area contributed by atoms with E-state index in [4.69, 9.17) is 10.5 Å². The first kappa shape index (κ1) is 20.8. The van der Waals surface area contributed by atoms with Gasteiger partial charge in [0, 0.05) is 0 Å². The highest BCUT2D eigenvalue weighted by atomic mass is 16.2. The Balaban J connectivity index is 2.15. The number of rotatable bonds is 3. The summed E-state index contributed by atoms with van der Waals surface area (Å²) in [5.74, 6) is 0. The minimum Gasteiger partial charge on any atom is -0.246 e. The first-order valence-electron chi connectivity index (χ1n) is 9.52. The van der Waals surface area contributed by atoms with Crippen LogP contribution in [0.3, 0.4) is 0 Å². The molecular formula is C24H12N6O3. The molecule has 0 saturated heterocycles. The van der Waals surface area contributed by atoms with E-state index in [-0.39, 0.29) is 22.6 Å². The molecule has 0 spiro atoms. The highest BCUT2D eigenvalue weighted by Gasteiger charge is 2.20. The van der Waals surface area contributed by atoms with Crippen LogP contribution < -0.4 is 17.1 Å². The van der Waals surface area contributed by atoms with Crippen LogP contribution in [0.1, 0.15) is 16.7 Å². The fraction of sp³-hybridized carbons (Fsp3) is 0. The maximum absolute atomic E-state index is 13.4. The molecular weight excluding hydrogens is 420 g/mol. The summed E-state index contributed by atoms with van der Waals surface area (Å²) < 4.78 is 2.32. The normalized spacial score (nSPS) is 10.1. The topological polar surface area (TPSA) is 137 Å². The van der Waals surface area contributed by atoms with Gasteiger partial charge in [-0.25, -0.2) is 28.1 Å². The predicted molar refractivity (Wildman–Crippen MR) is 117 cm³/mol. The smallest absolute Gasteiger partial charge is 0.246 e. The Morgan fingerprint density at radius 1 is 0.515 bits per heavy atom. The largest absolute Gasteiger partial charge is 0.345 e. The molecule has 0 N–H and O–H groups in total. The van der Waals surface area contributed by atoms with Gasteiger partial charge in [0.15, 0.2) is 0 Å². The number of hydrogen-bond acceptors (Lipinski definition) is 6. The van der Waals surface area contributed by atoms with E-state index in [2.05, 4.69) is 0 Å². The first-order valence-corrected chi connectivity index (χ1v) is 9.52. The third-order valence-corrected chi connectivity index (χ3v) is 4.92. The molecule has 156 valence electrons. The van der Waals surface area contributed by atoms with Crippen LogP contribution in [0.25, 0.3) is 17.1 Å². The van der Waals surface area contributed by atoms with E-state index < -0.39 is 17.1 Å². The zero-order valence-electron chi connectivity index (χ0n) is 16.8. The number of benzene rings is 3. The van der Waals surface area contributed by atoms with Crippen molar-refractivity contribution >= 4 is 0 Å². The van der Waals surface area contributed by atoms with Crippen molar-refractivity contribution in [1.29, 1.82) is 15.8 Å². The van der Waals surface area contributed by atoms with E-state index >= 15 is 0 Å². The lowest BCUT2D eigenvalue weighted by molar-refractivity contribution is 0.659. The first-order chi connectivity index (χ1) is 16.0. The molecule has 9 heteroatoms. The van der Waals surface area contributed by atoms with Crippen molar-refractivity contribution < 1.29 is 0 Å². The van der Waals surface area contributed by atoms with Gasteiger partial charge in [-0.15, -0.1) is 0 Å². The molecule has 3 aromatic carbocycles. The van der Waals surface area contributed by atoms with E-state index in [0.717, 1.165) is 13.7 Å². The second-order valence-electron chi connectivity index (χ2n) is 6.80. The molecule has 0 fully saturated rings. The Morgan fingerprint density at radius 3 is 1.36 bits per heavy atom. The van der Waals surface area contributed by atoms with Crippen LogP contribution in [0.4, 0.5) is 0 Å². The summed E-state index contributed by atoms with van der Waals surface area (Å²) in [5, 5.41) is 27.6. The minimum atomic E-state index is -0.970. The lowest BCUT2D eigenvalue weighted by atomic mass is 10.2. The Morgan fingerprint density at radius 2 is 0.939 bits per heavy atom. The van der Waals surface area contributed by atoms with Crippen LogP contribution in [0.5, 0.6) is 0 Å². The number of aromatic nitrogens is 3. The van der Waals surface area contributed by atoms with E-state index in [0.29, 0.717) is 11.1 Å². The molecule has 0 saturated carbocycles. The van der Waals surface area contributed by atoms with Gasteiger partial charge >= 0.3 is 17.1 Å². The fourth-order valence-corrected chi connectivity index (χ4v) is 3.33. The summed E-state index contributed by atoms with van der Waals surface area (Å²) in [4.78, 5) is 40.2. The van der Waals surface area contributed by atoms with Gasteiger partial charge in [-0.3, -0.25) is 0 Å². The van der Waals surface area contributed by atoms with Crippen LogP contribution in [0.2, 0.25) is 0 Å². The number of nitriles is 3. The van der Waals surface area contributed by atoms with Gasteiger partial charge in [-0.05, 0) is 60.7 Å². The number of nitrogens with zero attached hydrogens (tertiary/aromatic N) is 6. The van der Waals surface area contributed by atoms with Crippen molar-refractivity contribution in [2.75, 3.05) is 0 Å². The zero-order chi connectivity index (χ0) is 23.5. The van der Waals surface area contributed by atoms with Gasteiger partial charge in [0.05, 0.1) is 45.9 Å². The Kier molecular flexibility index (Phi) is 5.26. The molecule has 33 heavy (non-hydrogen) atoms. The summed E-state index contributed by atoms with van der Waals surface area (Å²) in [6.45, 7) is 0. The minimum absolute atomic E-state index is 0.0137. The molecule has 0 radical (unpaired) electrons. The summed E-state index contributed by atoms with van der Waals surface area (Å²) in [6, 6.07) is 23.3.